The average molecular weight is 209 g/mol. The largest absolute Gasteiger partial charge is 0.265 e. The summed E-state index contributed by atoms with van der Waals surface area (Å²) >= 11 is 0. The minimum atomic E-state index is -0.108. The molecule has 1 atom stereocenters. The fourth-order valence-electron chi connectivity index (χ4n) is 1.47. The lowest BCUT2D eigenvalue weighted by Gasteiger charge is -2.05. The van der Waals surface area contributed by atoms with Gasteiger partial charge in [-0.3, -0.25) is 9.97 Å². The van der Waals surface area contributed by atoms with Gasteiger partial charge in [0.05, 0.1) is 17.7 Å². The van der Waals surface area contributed by atoms with Gasteiger partial charge >= 0.3 is 0 Å². The Bertz CT molecular complexity index is 514. The molecule has 0 N–H and O–H groups in total. The second kappa shape index (κ2) is 4.54. The Labute approximate surface area is 94.4 Å². The second-order valence-corrected chi connectivity index (χ2v) is 3.56. The molecule has 0 aliphatic heterocycles. The third-order valence-corrected chi connectivity index (χ3v) is 2.45. The summed E-state index contributed by atoms with van der Waals surface area (Å²) in [6, 6.07) is 9.85. The molecule has 0 spiro atoms. The highest BCUT2D eigenvalue weighted by Gasteiger charge is 2.05. The van der Waals surface area contributed by atoms with E-state index < -0.39 is 0 Å². The first kappa shape index (κ1) is 10.3. The molecule has 0 saturated heterocycles. The molecule has 0 radical (unpaired) electrons. The van der Waals surface area contributed by atoms with Gasteiger partial charge in [0.25, 0.3) is 0 Å². The van der Waals surface area contributed by atoms with Crippen LogP contribution in [0.3, 0.4) is 0 Å². The van der Waals surface area contributed by atoms with Gasteiger partial charge < -0.3 is 0 Å². The predicted octanol–water partition coefficient (Wildman–Crippen LogP) is 2.77. The van der Waals surface area contributed by atoms with E-state index in [1.165, 1.54) is 0 Å². The summed E-state index contributed by atoms with van der Waals surface area (Å²) in [5, 5.41) is 8.87. The van der Waals surface area contributed by atoms with Crippen molar-refractivity contribution in [3.63, 3.8) is 0 Å². The topological polar surface area (TPSA) is 49.6 Å². The number of nitriles is 1. The van der Waals surface area contributed by atoms with Crippen LogP contribution in [0, 0.1) is 11.3 Å². The fourth-order valence-corrected chi connectivity index (χ4v) is 1.47. The molecule has 16 heavy (non-hydrogen) atoms. The highest BCUT2D eigenvalue weighted by atomic mass is 14.7. The first-order valence-electron chi connectivity index (χ1n) is 5.07. The number of rotatable bonds is 2. The van der Waals surface area contributed by atoms with E-state index in [1.54, 1.807) is 18.6 Å². The van der Waals surface area contributed by atoms with Gasteiger partial charge in [-0.1, -0.05) is 0 Å². The van der Waals surface area contributed by atoms with Crippen LogP contribution in [-0.4, -0.2) is 9.97 Å². The van der Waals surface area contributed by atoms with Gasteiger partial charge in [-0.15, -0.1) is 0 Å². The first-order chi connectivity index (χ1) is 7.81. The number of pyridine rings is 2. The van der Waals surface area contributed by atoms with E-state index >= 15 is 0 Å². The Morgan fingerprint density at radius 1 is 1.19 bits per heavy atom. The van der Waals surface area contributed by atoms with E-state index in [1.807, 2.05) is 31.2 Å². The molecule has 2 heterocycles. The molecule has 2 aromatic rings. The molecule has 2 aromatic heterocycles. The number of aromatic nitrogens is 2. The SMILES string of the molecule is CC(C#N)c1ccnc(-c2ccncc2)c1. The van der Waals surface area contributed by atoms with E-state index in [4.69, 9.17) is 5.26 Å². The monoisotopic (exact) mass is 209 g/mol. The van der Waals surface area contributed by atoms with Crippen LogP contribution < -0.4 is 0 Å². The zero-order valence-corrected chi connectivity index (χ0v) is 8.96. The Hall–Kier alpha value is -2.21. The van der Waals surface area contributed by atoms with E-state index in [-0.39, 0.29) is 5.92 Å². The molecule has 3 heteroatoms. The predicted molar refractivity (Wildman–Crippen MR) is 61.5 cm³/mol. The van der Waals surface area contributed by atoms with Crippen LogP contribution in [0.4, 0.5) is 0 Å². The van der Waals surface area contributed by atoms with Crippen molar-refractivity contribution in [1.29, 1.82) is 5.26 Å². The molecule has 78 valence electrons. The van der Waals surface area contributed by atoms with Gasteiger partial charge in [-0.2, -0.15) is 5.26 Å². The quantitative estimate of drug-likeness (QED) is 0.764. The van der Waals surface area contributed by atoms with Crippen molar-refractivity contribution in [2.45, 2.75) is 12.8 Å². The highest BCUT2D eigenvalue weighted by Crippen LogP contribution is 2.20. The Morgan fingerprint density at radius 2 is 1.94 bits per heavy atom. The normalized spacial score (nSPS) is 11.8. The fraction of sp³-hybridized carbons (Fsp3) is 0.154. The molecular formula is C13H11N3. The van der Waals surface area contributed by atoms with Gasteiger partial charge in [0.1, 0.15) is 0 Å². The lowest BCUT2D eigenvalue weighted by atomic mass is 10.0. The standard InChI is InChI=1S/C13H11N3/c1-10(9-14)12-4-7-16-13(8-12)11-2-5-15-6-3-11/h2-8,10H,1H3. The molecule has 0 amide bonds. The summed E-state index contributed by atoms with van der Waals surface area (Å²) in [5.41, 5.74) is 2.88. The van der Waals surface area contributed by atoms with Crippen molar-refractivity contribution in [3.8, 4) is 17.3 Å². The zero-order chi connectivity index (χ0) is 11.4. The van der Waals surface area contributed by atoms with Crippen LogP contribution in [-0.2, 0) is 0 Å². The Morgan fingerprint density at radius 3 is 2.62 bits per heavy atom. The van der Waals surface area contributed by atoms with E-state index in [9.17, 15) is 0 Å². The molecule has 3 nitrogen and oxygen atoms in total. The maximum absolute atomic E-state index is 8.87. The molecule has 2 rings (SSSR count). The first-order valence-corrected chi connectivity index (χ1v) is 5.07. The van der Waals surface area contributed by atoms with Crippen molar-refractivity contribution in [2.75, 3.05) is 0 Å². The molecule has 0 aromatic carbocycles. The van der Waals surface area contributed by atoms with Crippen LogP contribution in [0.5, 0.6) is 0 Å². The van der Waals surface area contributed by atoms with E-state index in [2.05, 4.69) is 16.0 Å². The van der Waals surface area contributed by atoms with E-state index in [0.29, 0.717) is 0 Å². The minimum Gasteiger partial charge on any atom is -0.265 e. The summed E-state index contributed by atoms with van der Waals surface area (Å²) in [4.78, 5) is 8.25. The molecule has 0 bridgehead atoms. The molecular weight excluding hydrogens is 198 g/mol. The van der Waals surface area contributed by atoms with E-state index in [0.717, 1.165) is 16.8 Å². The second-order valence-electron chi connectivity index (χ2n) is 3.56. The van der Waals surface area contributed by atoms with Crippen LogP contribution in [0.15, 0.2) is 42.9 Å². The molecule has 0 fully saturated rings. The summed E-state index contributed by atoms with van der Waals surface area (Å²) in [6.45, 7) is 1.88. The lowest BCUT2D eigenvalue weighted by molar-refractivity contribution is 0.976. The third kappa shape index (κ3) is 2.06. The van der Waals surface area contributed by atoms with Crippen LogP contribution in [0.1, 0.15) is 18.4 Å². The van der Waals surface area contributed by atoms with Crippen LogP contribution >= 0.6 is 0 Å². The van der Waals surface area contributed by atoms with Gasteiger partial charge in [-0.25, -0.2) is 0 Å². The molecule has 0 aliphatic carbocycles. The average Bonchev–Trinajstić information content (AvgIpc) is 2.39. The molecule has 0 saturated carbocycles. The van der Waals surface area contributed by atoms with Crippen molar-refractivity contribution >= 4 is 0 Å². The van der Waals surface area contributed by atoms with Gasteiger partial charge in [0.15, 0.2) is 0 Å². The molecule has 1 unspecified atom stereocenters. The summed E-state index contributed by atoms with van der Waals surface area (Å²) in [6.07, 6.45) is 5.20. The Kier molecular flexibility index (Phi) is 2.93. The van der Waals surface area contributed by atoms with Crippen molar-refractivity contribution in [2.24, 2.45) is 0 Å². The van der Waals surface area contributed by atoms with Gasteiger partial charge in [-0.05, 0) is 36.8 Å². The van der Waals surface area contributed by atoms with Crippen molar-refractivity contribution in [1.82, 2.24) is 9.97 Å². The lowest BCUT2D eigenvalue weighted by Crippen LogP contribution is -1.92. The number of hydrogen-bond donors (Lipinski definition) is 0. The molecule has 0 aliphatic rings. The van der Waals surface area contributed by atoms with Crippen molar-refractivity contribution in [3.05, 3.63) is 48.4 Å². The number of nitrogens with zero attached hydrogens (tertiary/aromatic N) is 3. The maximum Gasteiger partial charge on any atom is 0.0706 e. The minimum absolute atomic E-state index is 0.108. The zero-order valence-electron chi connectivity index (χ0n) is 8.96. The maximum atomic E-state index is 8.87. The van der Waals surface area contributed by atoms with Crippen LogP contribution in [0.2, 0.25) is 0 Å². The van der Waals surface area contributed by atoms with Gasteiger partial charge in [0.2, 0.25) is 0 Å². The summed E-state index contributed by atoms with van der Waals surface area (Å²) < 4.78 is 0. The van der Waals surface area contributed by atoms with Gasteiger partial charge in [0, 0.05) is 24.2 Å². The number of hydrogen-bond acceptors (Lipinski definition) is 3. The summed E-state index contributed by atoms with van der Waals surface area (Å²) in [5.74, 6) is -0.108. The smallest absolute Gasteiger partial charge is 0.0706 e. The third-order valence-electron chi connectivity index (χ3n) is 2.45. The summed E-state index contributed by atoms with van der Waals surface area (Å²) in [7, 11) is 0. The van der Waals surface area contributed by atoms with Crippen LogP contribution in [0.25, 0.3) is 11.3 Å². The Balaban J connectivity index is 2.41. The highest BCUT2D eigenvalue weighted by molar-refractivity contribution is 5.59. The van der Waals surface area contributed by atoms with Crippen molar-refractivity contribution < 1.29 is 0 Å².